The summed E-state index contributed by atoms with van der Waals surface area (Å²) >= 11 is 0. The van der Waals surface area contributed by atoms with Crippen LogP contribution in [0.5, 0.6) is 0 Å². The van der Waals surface area contributed by atoms with Gasteiger partial charge in [0.05, 0.1) is 12.7 Å². The minimum absolute atomic E-state index is 0.0485. The number of carbonyl (C=O) groups is 2. The maximum Gasteiger partial charge on any atom is 0.337 e. The van der Waals surface area contributed by atoms with Crippen molar-refractivity contribution in [2.45, 2.75) is 0 Å². The first kappa shape index (κ1) is 13.1. The Morgan fingerprint density at radius 1 is 1.00 bits per heavy atom. The molecule has 0 aliphatic rings. The molecule has 3 rings (SSSR count). The molecule has 0 aliphatic carbocycles. The number of aromatic nitrogens is 1. The van der Waals surface area contributed by atoms with Crippen LogP contribution in [0.1, 0.15) is 26.3 Å². The molecule has 4 nitrogen and oxygen atoms in total. The van der Waals surface area contributed by atoms with Gasteiger partial charge in [0, 0.05) is 28.2 Å². The molecule has 0 unspecified atom stereocenters. The predicted molar refractivity (Wildman–Crippen MR) is 79.5 cm³/mol. The van der Waals surface area contributed by atoms with Crippen molar-refractivity contribution >= 4 is 22.7 Å². The van der Waals surface area contributed by atoms with E-state index in [2.05, 4.69) is 9.72 Å². The molecule has 0 fully saturated rings. The lowest BCUT2D eigenvalue weighted by atomic mass is 10.0. The SMILES string of the molecule is COC(=O)c1ccc2c(C(=O)c3ccccc3)c[nH]c2c1. The highest BCUT2D eigenvalue weighted by molar-refractivity contribution is 6.16. The molecular weight excluding hydrogens is 266 g/mol. The van der Waals surface area contributed by atoms with Gasteiger partial charge in [-0.15, -0.1) is 0 Å². The van der Waals surface area contributed by atoms with E-state index in [9.17, 15) is 9.59 Å². The molecule has 0 bridgehead atoms. The number of carbonyl (C=O) groups excluding carboxylic acids is 2. The molecule has 1 aromatic heterocycles. The van der Waals surface area contributed by atoms with Crippen LogP contribution in [-0.4, -0.2) is 23.8 Å². The zero-order valence-corrected chi connectivity index (χ0v) is 11.4. The highest BCUT2D eigenvalue weighted by Crippen LogP contribution is 2.22. The Morgan fingerprint density at radius 2 is 1.76 bits per heavy atom. The number of hydrogen-bond donors (Lipinski definition) is 1. The van der Waals surface area contributed by atoms with Crippen molar-refractivity contribution in [2.75, 3.05) is 7.11 Å². The average molecular weight is 279 g/mol. The lowest BCUT2D eigenvalue weighted by Gasteiger charge is -2.01. The van der Waals surface area contributed by atoms with Crippen molar-refractivity contribution in [3.05, 3.63) is 71.4 Å². The number of rotatable bonds is 3. The quantitative estimate of drug-likeness (QED) is 0.591. The van der Waals surface area contributed by atoms with E-state index in [4.69, 9.17) is 0 Å². The molecular formula is C17H13NO3. The Hall–Kier alpha value is -2.88. The number of nitrogens with one attached hydrogen (secondary N) is 1. The molecule has 0 atom stereocenters. The van der Waals surface area contributed by atoms with Gasteiger partial charge in [0.15, 0.2) is 5.78 Å². The number of ketones is 1. The van der Waals surface area contributed by atoms with Gasteiger partial charge < -0.3 is 9.72 Å². The summed E-state index contributed by atoms with van der Waals surface area (Å²) in [5.74, 6) is -0.449. The number of aromatic amines is 1. The molecule has 4 heteroatoms. The molecule has 21 heavy (non-hydrogen) atoms. The summed E-state index contributed by atoms with van der Waals surface area (Å²) in [6.07, 6.45) is 1.67. The van der Waals surface area contributed by atoms with Gasteiger partial charge in [-0.1, -0.05) is 36.4 Å². The van der Waals surface area contributed by atoms with Crippen molar-refractivity contribution in [3.63, 3.8) is 0 Å². The fraction of sp³-hybridized carbons (Fsp3) is 0.0588. The molecule has 0 aliphatic heterocycles. The second-order valence-corrected chi connectivity index (χ2v) is 4.65. The summed E-state index contributed by atoms with van der Waals surface area (Å²) in [5, 5.41) is 0.788. The van der Waals surface area contributed by atoms with Crippen LogP contribution in [0, 0.1) is 0 Å². The molecule has 0 spiro atoms. The number of methoxy groups -OCH3 is 1. The van der Waals surface area contributed by atoms with E-state index >= 15 is 0 Å². The minimum Gasteiger partial charge on any atom is -0.465 e. The van der Waals surface area contributed by atoms with Crippen molar-refractivity contribution in [2.24, 2.45) is 0 Å². The second kappa shape index (κ2) is 5.25. The van der Waals surface area contributed by atoms with Gasteiger partial charge in [-0.3, -0.25) is 4.79 Å². The number of benzene rings is 2. The van der Waals surface area contributed by atoms with E-state index in [0.29, 0.717) is 16.7 Å². The summed E-state index contributed by atoms with van der Waals surface area (Å²) in [5.41, 5.74) is 2.41. The molecule has 0 amide bonds. The number of fused-ring (bicyclic) bond motifs is 1. The van der Waals surface area contributed by atoms with Crippen LogP contribution in [-0.2, 0) is 4.74 Å². The molecule has 0 saturated heterocycles. The van der Waals surface area contributed by atoms with E-state index < -0.39 is 5.97 Å². The molecule has 1 heterocycles. The maximum absolute atomic E-state index is 12.5. The van der Waals surface area contributed by atoms with Crippen LogP contribution in [0.25, 0.3) is 10.9 Å². The monoisotopic (exact) mass is 279 g/mol. The molecule has 0 radical (unpaired) electrons. The standard InChI is InChI=1S/C17H13NO3/c1-21-17(20)12-7-8-13-14(10-18-15(13)9-12)16(19)11-5-3-2-4-6-11/h2-10,18H,1H3. The zero-order valence-electron chi connectivity index (χ0n) is 11.4. The van der Waals surface area contributed by atoms with Crippen molar-refractivity contribution in [1.29, 1.82) is 0 Å². The highest BCUT2D eigenvalue weighted by atomic mass is 16.5. The number of ether oxygens (including phenoxy) is 1. The van der Waals surface area contributed by atoms with Gasteiger partial charge in [-0.05, 0) is 12.1 Å². The highest BCUT2D eigenvalue weighted by Gasteiger charge is 2.15. The normalized spacial score (nSPS) is 10.5. The van der Waals surface area contributed by atoms with Crippen LogP contribution < -0.4 is 0 Å². The van der Waals surface area contributed by atoms with Crippen LogP contribution in [0.15, 0.2) is 54.7 Å². The summed E-state index contributed by atoms with van der Waals surface area (Å²) in [4.78, 5) is 27.0. The number of esters is 1. The number of hydrogen-bond acceptors (Lipinski definition) is 3. The van der Waals surface area contributed by atoms with Gasteiger partial charge in [-0.2, -0.15) is 0 Å². The van der Waals surface area contributed by atoms with E-state index in [1.54, 1.807) is 36.5 Å². The van der Waals surface area contributed by atoms with Gasteiger partial charge in [0.1, 0.15) is 0 Å². The minimum atomic E-state index is -0.401. The number of H-pyrrole nitrogens is 1. The van der Waals surface area contributed by atoms with Crippen LogP contribution in [0.4, 0.5) is 0 Å². The van der Waals surface area contributed by atoms with Gasteiger partial charge in [-0.25, -0.2) is 4.79 Å². The summed E-state index contributed by atoms with van der Waals surface area (Å²) in [7, 11) is 1.34. The molecule has 104 valence electrons. The van der Waals surface area contributed by atoms with E-state index in [1.165, 1.54) is 7.11 Å². The Kier molecular flexibility index (Phi) is 3.28. The fourth-order valence-corrected chi connectivity index (χ4v) is 2.30. The van der Waals surface area contributed by atoms with Crippen molar-refractivity contribution < 1.29 is 14.3 Å². The van der Waals surface area contributed by atoms with Gasteiger partial charge in [0.2, 0.25) is 0 Å². The smallest absolute Gasteiger partial charge is 0.337 e. The lowest BCUT2D eigenvalue weighted by molar-refractivity contribution is 0.0601. The first-order valence-electron chi connectivity index (χ1n) is 6.50. The van der Waals surface area contributed by atoms with Crippen LogP contribution in [0.3, 0.4) is 0 Å². The summed E-state index contributed by atoms with van der Waals surface area (Å²) in [6.45, 7) is 0. The third-order valence-electron chi connectivity index (χ3n) is 3.38. The molecule has 0 saturated carbocycles. The first-order chi connectivity index (χ1) is 10.2. The van der Waals surface area contributed by atoms with E-state index in [1.807, 2.05) is 18.2 Å². The first-order valence-corrected chi connectivity index (χ1v) is 6.50. The maximum atomic E-state index is 12.5. The molecule has 3 aromatic rings. The topological polar surface area (TPSA) is 59.2 Å². The fourth-order valence-electron chi connectivity index (χ4n) is 2.30. The van der Waals surface area contributed by atoms with Crippen molar-refractivity contribution in [1.82, 2.24) is 4.98 Å². The largest absolute Gasteiger partial charge is 0.465 e. The Bertz CT molecular complexity index is 818. The average Bonchev–Trinajstić information content (AvgIpc) is 2.97. The Balaban J connectivity index is 2.05. The van der Waals surface area contributed by atoms with Crippen molar-refractivity contribution in [3.8, 4) is 0 Å². The second-order valence-electron chi connectivity index (χ2n) is 4.65. The lowest BCUT2D eigenvalue weighted by Crippen LogP contribution is -2.01. The van der Waals surface area contributed by atoms with Gasteiger partial charge in [0.25, 0.3) is 0 Å². The van der Waals surface area contributed by atoms with Gasteiger partial charge >= 0.3 is 5.97 Å². The Labute approximate surface area is 121 Å². The predicted octanol–water partition coefficient (Wildman–Crippen LogP) is 3.19. The summed E-state index contributed by atoms with van der Waals surface area (Å²) in [6, 6.07) is 14.2. The van der Waals surface area contributed by atoms with E-state index in [0.717, 1.165) is 10.9 Å². The third-order valence-corrected chi connectivity index (χ3v) is 3.38. The Morgan fingerprint density at radius 3 is 2.48 bits per heavy atom. The van der Waals surface area contributed by atoms with Crippen LogP contribution in [0.2, 0.25) is 0 Å². The van der Waals surface area contributed by atoms with E-state index in [-0.39, 0.29) is 5.78 Å². The molecule has 2 aromatic carbocycles. The molecule has 1 N–H and O–H groups in total. The summed E-state index contributed by atoms with van der Waals surface area (Å²) < 4.78 is 4.69. The third kappa shape index (κ3) is 2.31. The van der Waals surface area contributed by atoms with Crippen LogP contribution >= 0.6 is 0 Å². The zero-order chi connectivity index (χ0) is 14.8.